The maximum Gasteiger partial charge on any atom is 0.251 e. The monoisotopic (exact) mass is 312 g/mol. The maximum absolute atomic E-state index is 12.1. The third-order valence-corrected chi connectivity index (χ3v) is 4.00. The van der Waals surface area contributed by atoms with Crippen LogP contribution in [0.15, 0.2) is 48.5 Å². The molecule has 0 aromatic heterocycles. The van der Waals surface area contributed by atoms with Gasteiger partial charge in [-0.05, 0) is 47.7 Å². The minimum Gasteiger partial charge on any atom is -0.497 e. The van der Waals surface area contributed by atoms with E-state index in [1.54, 1.807) is 7.11 Å². The van der Waals surface area contributed by atoms with Gasteiger partial charge in [0, 0.05) is 18.7 Å². The van der Waals surface area contributed by atoms with Crippen molar-refractivity contribution < 1.29 is 9.53 Å². The number of hydrogen-bond donors (Lipinski definition) is 2. The van der Waals surface area contributed by atoms with Crippen LogP contribution < -0.4 is 15.8 Å². The summed E-state index contributed by atoms with van der Waals surface area (Å²) in [6.45, 7) is 3.29. The highest BCUT2D eigenvalue weighted by Crippen LogP contribution is 2.21. The van der Waals surface area contributed by atoms with E-state index in [2.05, 4.69) is 24.4 Å². The summed E-state index contributed by atoms with van der Waals surface area (Å²) in [7, 11) is 1.66. The number of carbonyl (C=O) groups is 1. The van der Waals surface area contributed by atoms with Gasteiger partial charge in [-0.15, -0.1) is 0 Å². The minimum atomic E-state index is -0.0458. The molecule has 0 fully saturated rings. The van der Waals surface area contributed by atoms with Gasteiger partial charge >= 0.3 is 0 Å². The van der Waals surface area contributed by atoms with Gasteiger partial charge in [0.15, 0.2) is 0 Å². The third-order valence-electron chi connectivity index (χ3n) is 4.00. The van der Waals surface area contributed by atoms with E-state index in [-0.39, 0.29) is 5.91 Å². The first kappa shape index (κ1) is 17.0. The van der Waals surface area contributed by atoms with Crippen LogP contribution in [0.1, 0.15) is 40.7 Å². The SMILES string of the molecule is COc1ccc(C(C)CCNC(=O)c2ccc(CN)cc2)cc1. The van der Waals surface area contributed by atoms with Crippen molar-refractivity contribution in [3.05, 3.63) is 65.2 Å². The lowest BCUT2D eigenvalue weighted by molar-refractivity contribution is 0.0952. The summed E-state index contributed by atoms with van der Waals surface area (Å²) in [5.74, 6) is 1.19. The topological polar surface area (TPSA) is 64.3 Å². The van der Waals surface area contributed by atoms with Crippen LogP contribution in [-0.2, 0) is 6.54 Å². The molecule has 0 radical (unpaired) electrons. The molecule has 4 nitrogen and oxygen atoms in total. The molecule has 0 heterocycles. The minimum absolute atomic E-state index is 0.0458. The largest absolute Gasteiger partial charge is 0.497 e. The van der Waals surface area contributed by atoms with Crippen LogP contribution in [0.2, 0.25) is 0 Å². The summed E-state index contributed by atoms with van der Waals surface area (Å²) in [5.41, 5.74) is 8.49. The second-order valence-corrected chi connectivity index (χ2v) is 5.62. The lowest BCUT2D eigenvalue weighted by Gasteiger charge is -2.13. The fourth-order valence-corrected chi connectivity index (χ4v) is 2.40. The van der Waals surface area contributed by atoms with Gasteiger partial charge in [-0.3, -0.25) is 4.79 Å². The van der Waals surface area contributed by atoms with Crippen LogP contribution in [0, 0.1) is 0 Å². The van der Waals surface area contributed by atoms with Crippen molar-refractivity contribution in [3.63, 3.8) is 0 Å². The quantitative estimate of drug-likeness (QED) is 0.826. The van der Waals surface area contributed by atoms with Gasteiger partial charge in [0.25, 0.3) is 5.91 Å². The Labute approximate surface area is 137 Å². The zero-order valence-corrected chi connectivity index (χ0v) is 13.7. The molecule has 0 saturated heterocycles. The number of amides is 1. The molecule has 1 atom stereocenters. The average molecular weight is 312 g/mol. The van der Waals surface area contributed by atoms with Crippen LogP contribution in [0.25, 0.3) is 0 Å². The van der Waals surface area contributed by atoms with Gasteiger partial charge in [-0.1, -0.05) is 31.2 Å². The van der Waals surface area contributed by atoms with Gasteiger partial charge in [-0.2, -0.15) is 0 Å². The molecule has 0 bridgehead atoms. The summed E-state index contributed by atoms with van der Waals surface area (Å²) in [6.07, 6.45) is 0.888. The van der Waals surface area contributed by atoms with Crippen molar-refractivity contribution in [3.8, 4) is 5.75 Å². The summed E-state index contributed by atoms with van der Waals surface area (Å²) < 4.78 is 5.16. The maximum atomic E-state index is 12.1. The Morgan fingerprint density at radius 2 is 1.78 bits per heavy atom. The van der Waals surface area contributed by atoms with E-state index >= 15 is 0 Å². The lowest BCUT2D eigenvalue weighted by atomic mass is 9.98. The molecule has 0 saturated carbocycles. The summed E-state index contributed by atoms with van der Waals surface area (Å²) in [6, 6.07) is 15.4. The standard InChI is InChI=1S/C19H24N2O2/c1-14(16-7-9-18(23-2)10-8-16)11-12-21-19(22)17-5-3-15(13-20)4-6-17/h3-10,14H,11-13,20H2,1-2H3,(H,21,22). The van der Waals surface area contributed by atoms with Crippen LogP contribution >= 0.6 is 0 Å². The number of nitrogens with two attached hydrogens (primary N) is 1. The molecular formula is C19H24N2O2. The second-order valence-electron chi connectivity index (χ2n) is 5.62. The van der Waals surface area contributed by atoms with E-state index in [1.165, 1.54) is 5.56 Å². The van der Waals surface area contributed by atoms with Crippen molar-refractivity contribution in [2.45, 2.75) is 25.8 Å². The Morgan fingerprint density at radius 1 is 1.13 bits per heavy atom. The van der Waals surface area contributed by atoms with E-state index in [0.29, 0.717) is 24.6 Å². The molecule has 3 N–H and O–H groups in total. The first-order chi connectivity index (χ1) is 11.1. The Balaban J connectivity index is 1.81. The van der Waals surface area contributed by atoms with Crippen molar-refractivity contribution in [1.82, 2.24) is 5.32 Å². The van der Waals surface area contributed by atoms with E-state index in [4.69, 9.17) is 10.5 Å². The summed E-state index contributed by atoms with van der Waals surface area (Å²) in [5, 5.41) is 2.96. The Bertz CT molecular complexity index is 621. The van der Waals surface area contributed by atoms with Gasteiger partial charge in [-0.25, -0.2) is 0 Å². The van der Waals surface area contributed by atoms with Crippen molar-refractivity contribution in [2.24, 2.45) is 5.73 Å². The zero-order chi connectivity index (χ0) is 16.7. The van der Waals surface area contributed by atoms with Crippen molar-refractivity contribution in [2.75, 3.05) is 13.7 Å². The van der Waals surface area contributed by atoms with E-state index in [0.717, 1.165) is 17.7 Å². The Hall–Kier alpha value is -2.33. The average Bonchev–Trinajstić information content (AvgIpc) is 2.61. The molecule has 0 aliphatic rings. The normalized spacial score (nSPS) is 11.8. The highest BCUT2D eigenvalue weighted by Gasteiger charge is 2.08. The molecule has 0 aliphatic heterocycles. The molecule has 1 amide bonds. The van der Waals surface area contributed by atoms with Gasteiger partial charge in [0.2, 0.25) is 0 Å². The molecule has 0 spiro atoms. The van der Waals surface area contributed by atoms with E-state index in [1.807, 2.05) is 36.4 Å². The van der Waals surface area contributed by atoms with Gasteiger partial charge in [0.05, 0.1) is 7.11 Å². The zero-order valence-electron chi connectivity index (χ0n) is 13.7. The summed E-state index contributed by atoms with van der Waals surface area (Å²) in [4.78, 5) is 12.1. The highest BCUT2D eigenvalue weighted by atomic mass is 16.5. The highest BCUT2D eigenvalue weighted by molar-refractivity contribution is 5.94. The van der Waals surface area contributed by atoms with Crippen LogP contribution in [-0.4, -0.2) is 19.6 Å². The number of methoxy groups -OCH3 is 1. The number of hydrogen-bond acceptors (Lipinski definition) is 3. The fraction of sp³-hybridized carbons (Fsp3) is 0.316. The van der Waals surface area contributed by atoms with Gasteiger partial charge in [0.1, 0.15) is 5.75 Å². The second kappa shape index (κ2) is 8.34. The molecule has 2 rings (SSSR count). The Morgan fingerprint density at radius 3 is 2.35 bits per heavy atom. The van der Waals surface area contributed by atoms with Crippen molar-refractivity contribution in [1.29, 1.82) is 0 Å². The van der Waals surface area contributed by atoms with Crippen molar-refractivity contribution >= 4 is 5.91 Å². The Kier molecular flexibility index (Phi) is 6.18. The number of nitrogens with one attached hydrogen (secondary N) is 1. The molecular weight excluding hydrogens is 288 g/mol. The molecule has 1 unspecified atom stereocenters. The van der Waals surface area contributed by atoms with E-state index in [9.17, 15) is 4.79 Å². The molecule has 2 aromatic carbocycles. The fourth-order valence-electron chi connectivity index (χ4n) is 2.40. The predicted molar refractivity (Wildman–Crippen MR) is 92.7 cm³/mol. The smallest absolute Gasteiger partial charge is 0.251 e. The number of ether oxygens (including phenoxy) is 1. The molecule has 122 valence electrons. The predicted octanol–water partition coefficient (Wildman–Crippen LogP) is 3.08. The van der Waals surface area contributed by atoms with Crippen LogP contribution in [0.3, 0.4) is 0 Å². The molecule has 4 heteroatoms. The van der Waals surface area contributed by atoms with E-state index < -0.39 is 0 Å². The number of benzene rings is 2. The molecule has 0 aliphatic carbocycles. The molecule has 2 aromatic rings. The first-order valence-electron chi connectivity index (χ1n) is 7.85. The first-order valence-corrected chi connectivity index (χ1v) is 7.85. The lowest BCUT2D eigenvalue weighted by Crippen LogP contribution is -2.25. The van der Waals surface area contributed by atoms with Crippen LogP contribution in [0.4, 0.5) is 0 Å². The van der Waals surface area contributed by atoms with Crippen LogP contribution in [0.5, 0.6) is 5.75 Å². The number of rotatable bonds is 7. The summed E-state index contributed by atoms with van der Waals surface area (Å²) >= 11 is 0. The number of carbonyl (C=O) groups excluding carboxylic acids is 1. The third kappa shape index (κ3) is 4.83. The molecule has 23 heavy (non-hydrogen) atoms. The van der Waals surface area contributed by atoms with Gasteiger partial charge < -0.3 is 15.8 Å².